The SMILES string of the molecule is CC(C)(C)c1cc(CP(=O)(C2CO2)C2CO2)cc(C(C)(C)C)c1O. The van der Waals surface area contributed by atoms with Crippen molar-refractivity contribution in [3.8, 4) is 5.75 Å². The highest BCUT2D eigenvalue weighted by molar-refractivity contribution is 7.64. The third kappa shape index (κ3) is 3.42. The number of ether oxygens (including phenoxy) is 2. The largest absolute Gasteiger partial charge is 0.507 e. The zero-order chi connectivity index (χ0) is 17.9. The topological polar surface area (TPSA) is 62.4 Å². The molecule has 0 aliphatic carbocycles. The average molecular weight is 352 g/mol. The first-order chi connectivity index (χ1) is 10.9. The van der Waals surface area contributed by atoms with E-state index >= 15 is 0 Å². The maximum absolute atomic E-state index is 13.4. The molecule has 134 valence electrons. The molecular formula is C19H29O4P. The van der Waals surface area contributed by atoms with Gasteiger partial charge in [-0.2, -0.15) is 0 Å². The van der Waals surface area contributed by atoms with E-state index in [4.69, 9.17) is 9.47 Å². The number of rotatable bonds is 4. The molecule has 2 heterocycles. The van der Waals surface area contributed by atoms with Crippen LogP contribution < -0.4 is 0 Å². The Labute approximate surface area is 144 Å². The van der Waals surface area contributed by atoms with Gasteiger partial charge < -0.3 is 19.1 Å². The summed E-state index contributed by atoms with van der Waals surface area (Å²) in [7, 11) is -2.55. The Morgan fingerprint density at radius 1 is 1.00 bits per heavy atom. The van der Waals surface area contributed by atoms with Crippen LogP contribution in [-0.4, -0.2) is 30.0 Å². The minimum Gasteiger partial charge on any atom is -0.507 e. The third-order valence-corrected chi connectivity index (χ3v) is 8.23. The number of hydrogen-bond acceptors (Lipinski definition) is 4. The van der Waals surface area contributed by atoms with Gasteiger partial charge in [0.2, 0.25) is 0 Å². The molecule has 2 aliphatic heterocycles. The van der Waals surface area contributed by atoms with Gasteiger partial charge in [-0.05, 0) is 27.5 Å². The summed E-state index contributed by atoms with van der Waals surface area (Å²) in [5.41, 5.74) is 2.46. The number of aromatic hydroxyl groups is 1. The highest BCUT2D eigenvalue weighted by Crippen LogP contribution is 2.66. The first-order valence-corrected chi connectivity index (χ1v) is 10.6. The average Bonchev–Trinajstić information content (AvgIpc) is 3.27. The zero-order valence-corrected chi connectivity index (χ0v) is 16.4. The van der Waals surface area contributed by atoms with Gasteiger partial charge in [-0.25, -0.2) is 0 Å². The van der Waals surface area contributed by atoms with Crippen molar-refractivity contribution in [1.82, 2.24) is 0 Å². The molecule has 3 rings (SSSR count). The van der Waals surface area contributed by atoms with Gasteiger partial charge in [0.05, 0.1) is 13.2 Å². The van der Waals surface area contributed by atoms with Crippen LogP contribution in [0.3, 0.4) is 0 Å². The lowest BCUT2D eigenvalue weighted by Crippen LogP contribution is -2.18. The van der Waals surface area contributed by atoms with E-state index in [0.717, 1.165) is 16.7 Å². The van der Waals surface area contributed by atoms with E-state index in [-0.39, 0.29) is 22.5 Å². The van der Waals surface area contributed by atoms with Crippen molar-refractivity contribution in [2.75, 3.05) is 13.2 Å². The van der Waals surface area contributed by atoms with Crippen molar-refractivity contribution in [2.45, 2.75) is 70.2 Å². The lowest BCUT2D eigenvalue weighted by atomic mass is 9.78. The first-order valence-electron chi connectivity index (χ1n) is 8.61. The lowest BCUT2D eigenvalue weighted by Gasteiger charge is -2.28. The molecule has 4 nitrogen and oxygen atoms in total. The molecule has 1 aromatic carbocycles. The molecule has 0 radical (unpaired) electrons. The Morgan fingerprint density at radius 3 is 1.67 bits per heavy atom. The van der Waals surface area contributed by atoms with Gasteiger partial charge in [0.1, 0.15) is 17.4 Å². The van der Waals surface area contributed by atoms with Crippen molar-refractivity contribution >= 4 is 7.14 Å². The number of hydrogen-bond donors (Lipinski definition) is 1. The predicted octanol–water partition coefficient (Wildman–Crippen LogP) is 4.56. The minimum atomic E-state index is -2.55. The predicted molar refractivity (Wildman–Crippen MR) is 96.3 cm³/mol. The van der Waals surface area contributed by atoms with Crippen molar-refractivity contribution in [1.29, 1.82) is 0 Å². The van der Waals surface area contributed by atoms with Gasteiger partial charge in [-0.1, -0.05) is 53.7 Å². The molecule has 2 saturated heterocycles. The maximum atomic E-state index is 13.4. The van der Waals surface area contributed by atoms with Gasteiger partial charge in [0.25, 0.3) is 0 Å². The minimum absolute atomic E-state index is 0.144. The maximum Gasteiger partial charge on any atom is 0.151 e. The summed E-state index contributed by atoms with van der Waals surface area (Å²) < 4.78 is 24.1. The first kappa shape index (κ1) is 18.0. The molecule has 0 aromatic heterocycles. The highest BCUT2D eigenvalue weighted by Gasteiger charge is 2.53. The Morgan fingerprint density at radius 2 is 1.38 bits per heavy atom. The summed E-state index contributed by atoms with van der Waals surface area (Å²) in [4.78, 5) is 0. The molecule has 2 aliphatic rings. The van der Waals surface area contributed by atoms with E-state index in [9.17, 15) is 9.67 Å². The summed E-state index contributed by atoms with van der Waals surface area (Å²) in [6.45, 7) is 13.7. The van der Waals surface area contributed by atoms with Gasteiger partial charge in [-0.15, -0.1) is 0 Å². The van der Waals surface area contributed by atoms with Crippen molar-refractivity contribution in [2.24, 2.45) is 0 Å². The van der Waals surface area contributed by atoms with E-state index in [0.29, 0.717) is 25.1 Å². The van der Waals surface area contributed by atoms with Crippen LogP contribution in [0.1, 0.15) is 58.2 Å². The van der Waals surface area contributed by atoms with Crippen LogP contribution in [0.5, 0.6) is 5.75 Å². The Bertz CT molecular complexity index is 637. The normalized spacial score (nSPS) is 26.1. The highest BCUT2D eigenvalue weighted by atomic mass is 31.2. The van der Waals surface area contributed by atoms with Crippen LogP contribution >= 0.6 is 7.14 Å². The molecule has 0 spiro atoms. The molecule has 2 unspecified atom stereocenters. The summed E-state index contributed by atoms with van der Waals surface area (Å²) in [5.74, 6) is 0.0730. The van der Waals surface area contributed by atoms with Gasteiger partial charge >= 0.3 is 0 Å². The van der Waals surface area contributed by atoms with E-state index in [1.165, 1.54) is 0 Å². The molecule has 2 fully saturated rings. The van der Waals surface area contributed by atoms with Crippen LogP contribution in [0, 0.1) is 0 Å². The summed E-state index contributed by atoms with van der Waals surface area (Å²) in [6.07, 6.45) is 0.481. The second-order valence-electron chi connectivity index (χ2n) is 9.13. The van der Waals surface area contributed by atoms with Crippen molar-refractivity contribution in [3.05, 3.63) is 28.8 Å². The van der Waals surface area contributed by atoms with E-state index in [1.54, 1.807) is 0 Å². The second kappa shape index (κ2) is 5.59. The van der Waals surface area contributed by atoms with Crippen molar-refractivity contribution < 1.29 is 19.1 Å². The van der Waals surface area contributed by atoms with Crippen LogP contribution in [-0.2, 0) is 31.0 Å². The van der Waals surface area contributed by atoms with Crippen LogP contribution in [0.2, 0.25) is 0 Å². The van der Waals surface area contributed by atoms with E-state index in [1.807, 2.05) is 12.1 Å². The quantitative estimate of drug-likeness (QED) is 0.637. The van der Waals surface area contributed by atoms with Crippen LogP contribution in [0.25, 0.3) is 0 Å². The summed E-state index contributed by atoms with van der Waals surface area (Å²) in [6, 6.07) is 4.03. The Hall–Kier alpha value is -0.830. The van der Waals surface area contributed by atoms with Crippen LogP contribution in [0.15, 0.2) is 12.1 Å². The molecule has 0 bridgehead atoms. The second-order valence-corrected chi connectivity index (χ2v) is 12.3. The van der Waals surface area contributed by atoms with E-state index < -0.39 is 7.14 Å². The molecule has 0 amide bonds. The Balaban J connectivity index is 2.06. The Kier molecular flexibility index (Phi) is 4.18. The van der Waals surface area contributed by atoms with E-state index in [2.05, 4.69) is 41.5 Å². The molecular weight excluding hydrogens is 323 g/mol. The third-order valence-electron chi connectivity index (χ3n) is 4.82. The lowest BCUT2D eigenvalue weighted by molar-refractivity contribution is 0.419. The fraction of sp³-hybridized carbons (Fsp3) is 0.684. The van der Waals surface area contributed by atoms with Crippen molar-refractivity contribution in [3.63, 3.8) is 0 Å². The van der Waals surface area contributed by atoms with Gasteiger partial charge in [-0.3, -0.25) is 0 Å². The molecule has 1 aromatic rings. The number of phenolic OH excluding ortho intramolecular Hbond substituents is 1. The summed E-state index contributed by atoms with van der Waals surface area (Å²) in [5, 5.41) is 10.8. The molecule has 0 saturated carbocycles. The summed E-state index contributed by atoms with van der Waals surface area (Å²) >= 11 is 0. The molecule has 24 heavy (non-hydrogen) atoms. The fourth-order valence-corrected chi connectivity index (χ4v) is 5.91. The standard InChI is InChI=1S/C19H29O4P/c1-18(2,3)13-7-12(8-14(17(13)20)19(4,5)6)11-24(21,15-9-22-15)16-10-23-16/h7-8,15-16,20H,9-11H2,1-6H3. The zero-order valence-electron chi connectivity index (χ0n) is 15.5. The monoisotopic (exact) mass is 352 g/mol. The number of benzene rings is 1. The fourth-order valence-electron chi connectivity index (χ4n) is 3.19. The van der Waals surface area contributed by atoms with Crippen LogP contribution in [0.4, 0.5) is 0 Å². The number of phenols is 1. The van der Waals surface area contributed by atoms with Gasteiger partial charge in [0, 0.05) is 6.16 Å². The molecule has 1 N–H and O–H groups in total. The number of epoxide rings is 2. The molecule has 2 atom stereocenters. The molecule has 5 heteroatoms. The smallest absolute Gasteiger partial charge is 0.151 e. The van der Waals surface area contributed by atoms with Gasteiger partial charge in [0.15, 0.2) is 7.14 Å².